The first kappa shape index (κ1) is 22.4. The zero-order valence-corrected chi connectivity index (χ0v) is 18.5. The van der Waals surface area contributed by atoms with Crippen molar-refractivity contribution >= 4 is 15.9 Å². The van der Waals surface area contributed by atoms with Crippen molar-refractivity contribution in [2.24, 2.45) is 5.41 Å². The summed E-state index contributed by atoms with van der Waals surface area (Å²) in [7, 11) is -3.67. The van der Waals surface area contributed by atoms with Gasteiger partial charge in [-0.2, -0.15) is 4.31 Å². The Labute approximate surface area is 178 Å². The summed E-state index contributed by atoms with van der Waals surface area (Å²) in [6.07, 6.45) is 1.23. The lowest BCUT2D eigenvalue weighted by molar-refractivity contribution is -0.132. The minimum absolute atomic E-state index is 0.135. The van der Waals surface area contributed by atoms with E-state index in [4.69, 9.17) is 0 Å². The molecule has 1 amide bonds. The summed E-state index contributed by atoms with van der Waals surface area (Å²) in [4.78, 5) is 13.1. The second-order valence-electron chi connectivity index (χ2n) is 8.54. The predicted molar refractivity (Wildman–Crippen MR) is 115 cm³/mol. The van der Waals surface area contributed by atoms with Crippen molar-refractivity contribution in [3.8, 4) is 0 Å². The van der Waals surface area contributed by atoms with Crippen molar-refractivity contribution in [2.75, 3.05) is 13.1 Å². The Balaban J connectivity index is 1.70. The van der Waals surface area contributed by atoms with Crippen LogP contribution in [0.4, 0.5) is 4.39 Å². The molecule has 0 aromatic heterocycles. The highest BCUT2D eigenvalue weighted by molar-refractivity contribution is 7.89. The summed E-state index contributed by atoms with van der Waals surface area (Å²) in [6, 6.07) is 12.9. The lowest BCUT2D eigenvalue weighted by Crippen LogP contribution is -2.51. The van der Waals surface area contributed by atoms with E-state index in [0.717, 1.165) is 11.1 Å². The summed E-state index contributed by atoms with van der Waals surface area (Å²) in [6.45, 7) is 6.73. The van der Waals surface area contributed by atoms with Crippen LogP contribution in [-0.4, -0.2) is 31.7 Å². The minimum Gasteiger partial charge on any atom is -0.352 e. The van der Waals surface area contributed by atoms with Crippen LogP contribution in [0.25, 0.3) is 0 Å². The fourth-order valence-corrected chi connectivity index (χ4v) is 5.36. The second-order valence-corrected chi connectivity index (χ2v) is 10.5. The molecule has 1 atom stereocenters. The lowest BCUT2D eigenvalue weighted by atomic mass is 9.82. The topological polar surface area (TPSA) is 66.5 Å². The second kappa shape index (κ2) is 8.86. The van der Waals surface area contributed by atoms with Gasteiger partial charge in [0.1, 0.15) is 5.82 Å². The quantitative estimate of drug-likeness (QED) is 0.749. The van der Waals surface area contributed by atoms with Crippen LogP contribution in [0.3, 0.4) is 0 Å². The highest BCUT2D eigenvalue weighted by Crippen LogP contribution is 2.33. The third-order valence-corrected chi connectivity index (χ3v) is 7.62. The molecule has 1 heterocycles. The highest BCUT2D eigenvalue weighted by Gasteiger charge is 2.41. The average Bonchev–Trinajstić information content (AvgIpc) is 2.73. The first-order chi connectivity index (χ1) is 14.1. The van der Waals surface area contributed by atoms with Gasteiger partial charge in [-0.1, -0.05) is 38.1 Å². The zero-order valence-electron chi connectivity index (χ0n) is 17.7. The SMILES string of the molecule is CC(C)c1ccc(S(=O)(=O)N2CCC[C@](C)(C(=O)NCc3ccc(F)cc3)C2)cc1. The standard InChI is InChI=1S/C23H29FN2O3S/c1-17(2)19-7-11-21(12-8-19)30(28,29)26-14-4-13-23(3,16-26)22(27)25-15-18-5-9-20(24)10-6-18/h5-12,17H,4,13-16H2,1-3H3,(H,25,27)/t23-/m0/s1. The molecule has 1 fully saturated rings. The summed E-state index contributed by atoms with van der Waals surface area (Å²) >= 11 is 0. The van der Waals surface area contributed by atoms with E-state index in [0.29, 0.717) is 25.3 Å². The fourth-order valence-electron chi connectivity index (χ4n) is 3.76. The third kappa shape index (κ3) is 4.90. The van der Waals surface area contributed by atoms with Crippen molar-refractivity contribution in [1.82, 2.24) is 9.62 Å². The van der Waals surface area contributed by atoms with Crippen molar-refractivity contribution in [2.45, 2.75) is 51.0 Å². The van der Waals surface area contributed by atoms with Crippen LogP contribution in [0.2, 0.25) is 0 Å². The number of rotatable bonds is 6. The molecule has 0 spiro atoms. The molecule has 1 aliphatic rings. The zero-order chi connectivity index (χ0) is 21.9. The molecule has 1 saturated heterocycles. The molecular weight excluding hydrogens is 403 g/mol. The summed E-state index contributed by atoms with van der Waals surface area (Å²) in [5.74, 6) is -0.196. The number of piperidine rings is 1. The molecule has 0 saturated carbocycles. The maximum atomic E-state index is 13.1. The Morgan fingerprint density at radius 2 is 1.77 bits per heavy atom. The molecule has 3 rings (SSSR count). The van der Waals surface area contributed by atoms with Crippen molar-refractivity contribution in [3.63, 3.8) is 0 Å². The van der Waals surface area contributed by atoms with Crippen LogP contribution < -0.4 is 5.32 Å². The van der Waals surface area contributed by atoms with Gasteiger partial charge >= 0.3 is 0 Å². The van der Waals surface area contributed by atoms with Gasteiger partial charge in [0, 0.05) is 19.6 Å². The molecule has 0 aliphatic carbocycles. The maximum absolute atomic E-state index is 13.1. The van der Waals surface area contributed by atoms with Crippen molar-refractivity contribution in [3.05, 3.63) is 65.5 Å². The number of halogens is 1. The molecule has 162 valence electrons. The molecule has 2 aromatic rings. The van der Waals surface area contributed by atoms with Crippen LogP contribution in [-0.2, 0) is 21.4 Å². The van der Waals surface area contributed by atoms with Gasteiger partial charge in [-0.05, 0) is 61.1 Å². The van der Waals surface area contributed by atoms with Crippen LogP contribution in [0, 0.1) is 11.2 Å². The van der Waals surface area contributed by atoms with Gasteiger partial charge in [-0.15, -0.1) is 0 Å². The minimum atomic E-state index is -3.67. The molecule has 2 aromatic carbocycles. The smallest absolute Gasteiger partial charge is 0.243 e. The Morgan fingerprint density at radius 1 is 1.13 bits per heavy atom. The van der Waals surface area contributed by atoms with Gasteiger partial charge in [-0.25, -0.2) is 12.8 Å². The van der Waals surface area contributed by atoms with E-state index in [1.807, 2.05) is 12.1 Å². The number of benzene rings is 2. The number of nitrogens with one attached hydrogen (secondary N) is 1. The fraction of sp³-hybridized carbons (Fsp3) is 0.435. The molecule has 1 N–H and O–H groups in total. The van der Waals surface area contributed by atoms with Crippen molar-refractivity contribution < 1.29 is 17.6 Å². The van der Waals surface area contributed by atoms with E-state index in [1.165, 1.54) is 16.4 Å². The normalized spacial score (nSPS) is 20.3. The first-order valence-corrected chi connectivity index (χ1v) is 11.7. The molecule has 5 nitrogen and oxygen atoms in total. The summed E-state index contributed by atoms with van der Waals surface area (Å²) < 4.78 is 40.8. The van der Waals surface area contributed by atoms with E-state index in [2.05, 4.69) is 19.2 Å². The van der Waals surface area contributed by atoms with Crippen LogP contribution in [0.15, 0.2) is 53.4 Å². The number of hydrogen-bond donors (Lipinski definition) is 1. The van der Waals surface area contributed by atoms with E-state index in [1.54, 1.807) is 31.2 Å². The summed E-state index contributed by atoms with van der Waals surface area (Å²) in [5, 5.41) is 2.88. The molecule has 0 radical (unpaired) electrons. The van der Waals surface area contributed by atoms with E-state index < -0.39 is 15.4 Å². The Bertz CT molecular complexity index is 988. The molecule has 7 heteroatoms. The molecule has 0 bridgehead atoms. The number of nitrogens with zero attached hydrogens (tertiary/aromatic N) is 1. The van der Waals surface area contributed by atoms with Crippen LogP contribution >= 0.6 is 0 Å². The Kier molecular flexibility index (Phi) is 6.62. The highest BCUT2D eigenvalue weighted by atomic mass is 32.2. The number of carbonyl (C=O) groups excluding carboxylic acids is 1. The van der Waals surface area contributed by atoms with E-state index in [9.17, 15) is 17.6 Å². The number of carbonyl (C=O) groups is 1. The van der Waals surface area contributed by atoms with Crippen molar-refractivity contribution in [1.29, 1.82) is 0 Å². The Hall–Kier alpha value is -2.25. The monoisotopic (exact) mass is 432 g/mol. The Morgan fingerprint density at radius 3 is 2.37 bits per heavy atom. The summed E-state index contributed by atoms with van der Waals surface area (Å²) in [5.41, 5.74) is 1.06. The van der Waals surface area contributed by atoms with Gasteiger partial charge in [0.2, 0.25) is 15.9 Å². The van der Waals surface area contributed by atoms with Gasteiger partial charge in [0.25, 0.3) is 0 Å². The lowest BCUT2D eigenvalue weighted by Gasteiger charge is -2.38. The van der Waals surface area contributed by atoms with E-state index >= 15 is 0 Å². The molecule has 0 unspecified atom stereocenters. The van der Waals surface area contributed by atoms with Crippen LogP contribution in [0.5, 0.6) is 0 Å². The molecule has 1 aliphatic heterocycles. The van der Waals surface area contributed by atoms with Gasteiger partial charge in [0.15, 0.2) is 0 Å². The maximum Gasteiger partial charge on any atom is 0.243 e. The first-order valence-electron chi connectivity index (χ1n) is 10.2. The predicted octanol–water partition coefficient (Wildman–Crippen LogP) is 4.06. The number of sulfonamides is 1. The van der Waals surface area contributed by atoms with Gasteiger partial charge < -0.3 is 5.32 Å². The van der Waals surface area contributed by atoms with E-state index in [-0.39, 0.29) is 29.7 Å². The average molecular weight is 433 g/mol. The largest absolute Gasteiger partial charge is 0.352 e. The third-order valence-electron chi connectivity index (χ3n) is 5.76. The molecular formula is C23H29FN2O3S. The number of hydrogen-bond acceptors (Lipinski definition) is 3. The van der Waals surface area contributed by atoms with Crippen LogP contribution in [0.1, 0.15) is 50.7 Å². The number of amides is 1. The molecule has 30 heavy (non-hydrogen) atoms. The van der Waals surface area contributed by atoms with Gasteiger partial charge in [0.05, 0.1) is 10.3 Å². The van der Waals surface area contributed by atoms with Gasteiger partial charge in [-0.3, -0.25) is 4.79 Å².